The Morgan fingerprint density at radius 3 is 2.54 bits per heavy atom. The molecule has 1 aliphatic heterocycles. The lowest BCUT2D eigenvalue weighted by atomic mass is 10.0. The first-order valence-electron chi connectivity index (χ1n) is 8.96. The highest BCUT2D eigenvalue weighted by molar-refractivity contribution is 5.88. The third-order valence-electron chi connectivity index (χ3n) is 4.93. The Hall–Kier alpha value is -2.68. The molecule has 28 heavy (non-hydrogen) atoms. The lowest BCUT2D eigenvalue weighted by Gasteiger charge is -2.34. The van der Waals surface area contributed by atoms with Gasteiger partial charge in [-0.05, 0) is 45.1 Å². The summed E-state index contributed by atoms with van der Waals surface area (Å²) in [5.41, 5.74) is -0.139. The van der Waals surface area contributed by atoms with Crippen LogP contribution in [-0.4, -0.2) is 59.0 Å². The molecule has 1 saturated heterocycles. The summed E-state index contributed by atoms with van der Waals surface area (Å²) in [5.74, 6) is 0.250. The number of nitrogens with zero attached hydrogens (tertiary/aromatic N) is 4. The number of anilines is 1. The van der Waals surface area contributed by atoms with Gasteiger partial charge in [0.15, 0.2) is 5.82 Å². The Morgan fingerprint density at radius 1 is 1.21 bits per heavy atom. The first kappa shape index (κ1) is 20.1. The fraction of sp³-hybridized carbons (Fsp3) is 0.421. The quantitative estimate of drug-likeness (QED) is 0.864. The number of carbonyl (C=O) groups is 1. The second kappa shape index (κ2) is 8.14. The number of amides is 2. The van der Waals surface area contributed by atoms with E-state index in [0.717, 1.165) is 38.1 Å². The largest absolute Gasteiger partial charge is 0.416 e. The van der Waals surface area contributed by atoms with Crippen molar-refractivity contribution in [1.29, 1.82) is 0 Å². The van der Waals surface area contributed by atoms with Crippen LogP contribution < -0.4 is 5.32 Å². The summed E-state index contributed by atoms with van der Waals surface area (Å²) >= 11 is 0. The van der Waals surface area contributed by atoms with E-state index in [9.17, 15) is 18.0 Å². The molecule has 2 aromatic rings. The van der Waals surface area contributed by atoms with Crippen molar-refractivity contribution in [2.24, 2.45) is 0 Å². The average molecular weight is 393 g/mol. The normalized spacial score (nSPS) is 16.0. The number of likely N-dealkylation sites (tertiary alicyclic amines) is 1. The topological polar surface area (TPSA) is 61.4 Å². The molecule has 0 atom stereocenters. The second-order valence-electron chi connectivity index (χ2n) is 6.94. The first-order chi connectivity index (χ1) is 13.2. The van der Waals surface area contributed by atoms with Gasteiger partial charge in [-0.1, -0.05) is 12.1 Å². The van der Waals surface area contributed by atoms with E-state index < -0.39 is 11.7 Å². The molecule has 0 spiro atoms. The number of halogens is 3. The van der Waals surface area contributed by atoms with E-state index >= 15 is 0 Å². The molecule has 150 valence electrons. The molecule has 0 aliphatic carbocycles. The number of benzene rings is 1. The molecular formula is C19H22F3N5O. The first-order valence-corrected chi connectivity index (χ1v) is 8.96. The number of aromatic nitrogens is 2. The van der Waals surface area contributed by atoms with Crippen molar-refractivity contribution >= 4 is 11.8 Å². The van der Waals surface area contributed by atoms with Crippen LogP contribution >= 0.6 is 0 Å². The van der Waals surface area contributed by atoms with Gasteiger partial charge >= 0.3 is 12.2 Å². The van der Waals surface area contributed by atoms with Crippen molar-refractivity contribution in [3.63, 3.8) is 0 Å². The predicted molar refractivity (Wildman–Crippen MR) is 99.8 cm³/mol. The zero-order valence-corrected chi connectivity index (χ0v) is 15.7. The summed E-state index contributed by atoms with van der Waals surface area (Å²) in [7, 11) is 3.80. The van der Waals surface area contributed by atoms with Crippen LogP contribution in [0.15, 0.2) is 36.7 Å². The Bertz CT molecular complexity index is 817. The standard InChI is InChI=1S/C19H22F3N5O/c1-26-8-6-15(7-9-26)27(2)18(28)25-17-12-23-16(11-24-17)13-4-3-5-14(10-13)19(20,21)22/h3-5,10-12,15H,6-9H2,1-2H3,(H,24,25,28). The predicted octanol–water partition coefficient (Wildman–Crippen LogP) is 3.72. The van der Waals surface area contributed by atoms with Gasteiger partial charge in [-0.25, -0.2) is 9.78 Å². The molecule has 9 heteroatoms. The number of hydrogen-bond acceptors (Lipinski definition) is 4. The minimum Gasteiger partial charge on any atom is -0.324 e. The van der Waals surface area contributed by atoms with Crippen molar-refractivity contribution < 1.29 is 18.0 Å². The maximum Gasteiger partial charge on any atom is 0.416 e. The van der Waals surface area contributed by atoms with E-state index in [1.54, 1.807) is 11.9 Å². The molecule has 3 rings (SSSR count). The van der Waals surface area contributed by atoms with Gasteiger partial charge in [-0.3, -0.25) is 10.3 Å². The van der Waals surface area contributed by atoms with Crippen LogP contribution in [0.2, 0.25) is 0 Å². The molecule has 0 saturated carbocycles. The zero-order chi connectivity index (χ0) is 20.3. The van der Waals surface area contributed by atoms with E-state index in [1.807, 2.05) is 0 Å². The SMILES string of the molecule is CN1CCC(N(C)C(=O)Nc2cnc(-c3cccc(C(F)(F)F)c3)cn2)CC1. The molecule has 2 heterocycles. The Kier molecular flexibility index (Phi) is 5.83. The molecule has 6 nitrogen and oxygen atoms in total. The van der Waals surface area contributed by atoms with E-state index in [-0.39, 0.29) is 17.9 Å². The van der Waals surface area contributed by atoms with Crippen molar-refractivity contribution in [3.05, 3.63) is 42.2 Å². The lowest BCUT2D eigenvalue weighted by molar-refractivity contribution is -0.137. The van der Waals surface area contributed by atoms with E-state index in [1.165, 1.54) is 24.5 Å². The number of piperidine rings is 1. The number of nitrogens with one attached hydrogen (secondary N) is 1. The molecule has 1 aliphatic rings. The molecule has 1 N–H and O–H groups in total. The average Bonchev–Trinajstić information content (AvgIpc) is 2.68. The molecule has 1 aromatic heterocycles. The third-order valence-corrected chi connectivity index (χ3v) is 4.93. The molecule has 0 radical (unpaired) electrons. The zero-order valence-electron chi connectivity index (χ0n) is 15.7. The molecule has 0 unspecified atom stereocenters. The van der Waals surface area contributed by atoms with Gasteiger partial charge in [0, 0.05) is 18.7 Å². The highest BCUT2D eigenvalue weighted by Gasteiger charge is 2.30. The van der Waals surface area contributed by atoms with Crippen LogP contribution in [0.5, 0.6) is 0 Å². The van der Waals surface area contributed by atoms with Crippen molar-refractivity contribution in [1.82, 2.24) is 19.8 Å². The van der Waals surface area contributed by atoms with Gasteiger partial charge in [0.05, 0.1) is 23.7 Å². The van der Waals surface area contributed by atoms with Crippen LogP contribution in [0.1, 0.15) is 18.4 Å². The maximum atomic E-state index is 12.9. The van der Waals surface area contributed by atoms with Gasteiger partial charge in [0.1, 0.15) is 0 Å². The van der Waals surface area contributed by atoms with Crippen molar-refractivity contribution in [2.75, 3.05) is 32.5 Å². The highest BCUT2D eigenvalue weighted by Crippen LogP contribution is 2.31. The number of alkyl halides is 3. The van der Waals surface area contributed by atoms with Crippen LogP contribution in [0.25, 0.3) is 11.3 Å². The number of carbonyl (C=O) groups excluding carboxylic acids is 1. The van der Waals surface area contributed by atoms with E-state index in [4.69, 9.17) is 0 Å². The summed E-state index contributed by atoms with van der Waals surface area (Å²) in [6.07, 6.45) is 0.0771. The molecule has 1 aromatic carbocycles. The minimum atomic E-state index is -4.42. The van der Waals surface area contributed by atoms with Gasteiger partial charge in [-0.15, -0.1) is 0 Å². The number of urea groups is 1. The molecule has 0 bridgehead atoms. The maximum absolute atomic E-state index is 12.9. The van der Waals surface area contributed by atoms with E-state index in [0.29, 0.717) is 11.3 Å². The third kappa shape index (κ3) is 4.78. The van der Waals surface area contributed by atoms with Crippen LogP contribution in [0, 0.1) is 0 Å². The minimum absolute atomic E-state index is 0.161. The number of hydrogen-bond donors (Lipinski definition) is 1. The van der Waals surface area contributed by atoms with Gasteiger partial charge in [0.2, 0.25) is 0 Å². The summed E-state index contributed by atoms with van der Waals surface area (Å²) in [4.78, 5) is 24.5. The summed E-state index contributed by atoms with van der Waals surface area (Å²) in [5, 5.41) is 2.68. The van der Waals surface area contributed by atoms with Crippen LogP contribution in [0.3, 0.4) is 0 Å². The Labute approximate surface area is 161 Å². The fourth-order valence-corrected chi connectivity index (χ4v) is 3.14. The van der Waals surface area contributed by atoms with Crippen LogP contribution in [0.4, 0.5) is 23.8 Å². The van der Waals surface area contributed by atoms with E-state index in [2.05, 4.69) is 27.2 Å². The summed E-state index contributed by atoms with van der Waals surface area (Å²) in [6.45, 7) is 1.88. The second-order valence-corrected chi connectivity index (χ2v) is 6.94. The Balaban J connectivity index is 1.65. The van der Waals surface area contributed by atoms with Gasteiger partial charge < -0.3 is 9.80 Å². The van der Waals surface area contributed by atoms with Gasteiger partial charge in [-0.2, -0.15) is 13.2 Å². The highest BCUT2D eigenvalue weighted by atomic mass is 19.4. The summed E-state index contributed by atoms with van der Waals surface area (Å²) in [6, 6.07) is 4.77. The molecule has 2 amide bonds. The lowest BCUT2D eigenvalue weighted by Crippen LogP contribution is -2.46. The summed E-state index contributed by atoms with van der Waals surface area (Å²) < 4.78 is 38.6. The van der Waals surface area contributed by atoms with Crippen molar-refractivity contribution in [3.8, 4) is 11.3 Å². The molecule has 1 fully saturated rings. The van der Waals surface area contributed by atoms with Crippen molar-refractivity contribution in [2.45, 2.75) is 25.1 Å². The monoisotopic (exact) mass is 393 g/mol. The Morgan fingerprint density at radius 2 is 1.93 bits per heavy atom. The van der Waals surface area contributed by atoms with Gasteiger partial charge in [0.25, 0.3) is 0 Å². The fourth-order valence-electron chi connectivity index (χ4n) is 3.14. The smallest absolute Gasteiger partial charge is 0.324 e. The van der Waals surface area contributed by atoms with Crippen LogP contribution in [-0.2, 0) is 6.18 Å². The molecular weight excluding hydrogens is 371 g/mol. The number of rotatable bonds is 3.